The van der Waals surface area contributed by atoms with E-state index in [0.29, 0.717) is 5.02 Å². The van der Waals surface area contributed by atoms with Crippen molar-refractivity contribution < 1.29 is 0 Å². The first kappa shape index (κ1) is 13.6. The van der Waals surface area contributed by atoms with Crippen LogP contribution in [0.1, 0.15) is 18.9 Å². The van der Waals surface area contributed by atoms with Gasteiger partial charge < -0.3 is 10.6 Å². The second kappa shape index (κ2) is 6.38. The second-order valence-corrected chi connectivity index (χ2v) is 4.56. The zero-order valence-electron chi connectivity index (χ0n) is 11.1. The lowest BCUT2D eigenvalue weighted by Crippen LogP contribution is -2.05. The van der Waals surface area contributed by atoms with Gasteiger partial charge in [0.25, 0.3) is 0 Å². The Morgan fingerprint density at radius 1 is 1.16 bits per heavy atom. The molecular weight excluding hydrogens is 260 g/mol. The molecule has 0 radical (unpaired) electrons. The molecule has 0 aliphatic carbocycles. The first-order valence-corrected chi connectivity index (χ1v) is 6.67. The van der Waals surface area contributed by atoms with E-state index in [-0.39, 0.29) is 0 Å². The van der Waals surface area contributed by atoms with Gasteiger partial charge in [-0.1, -0.05) is 37.1 Å². The fraction of sp³-hybridized carbons (Fsp3) is 0.286. The van der Waals surface area contributed by atoms with Crippen molar-refractivity contribution in [2.24, 2.45) is 0 Å². The zero-order valence-corrected chi connectivity index (χ0v) is 11.8. The molecule has 0 saturated carbocycles. The number of halogens is 1. The third-order valence-corrected chi connectivity index (χ3v) is 3.14. The summed E-state index contributed by atoms with van der Waals surface area (Å²) in [5, 5.41) is 7.05. The molecule has 0 fully saturated rings. The molecule has 1 aromatic heterocycles. The summed E-state index contributed by atoms with van der Waals surface area (Å²) in [7, 11) is 1.86. The standard InChI is InChI=1S/C14H17ClN4/c1-3-6-10-13(16-2)17-9-18-14(10)19-12-8-5-4-7-11(12)15/h4-5,7-9H,3,6H2,1-2H3,(H2,16,17,18,19). The van der Waals surface area contributed by atoms with Gasteiger partial charge in [-0.3, -0.25) is 0 Å². The van der Waals surface area contributed by atoms with E-state index in [2.05, 4.69) is 27.5 Å². The lowest BCUT2D eigenvalue weighted by molar-refractivity contribution is 0.905. The molecule has 19 heavy (non-hydrogen) atoms. The number of para-hydroxylation sites is 1. The third-order valence-electron chi connectivity index (χ3n) is 2.81. The molecule has 2 aromatic rings. The average Bonchev–Trinajstić information content (AvgIpc) is 2.43. The largest absolute Gasteiger partial charge is 0.373 e. The van der Waals surface area contributed by atoms with E-state index >= 15 is 0 Å². The third kappa shape index (κ3) is 3.15. The first-order valence-electron chi connectivity index (χ1n) is 6.29. The van der Waals surface area contributed by atoms with Crippen molar-refractivity contribution in [2.75, 3.05) is 17.7 Å². The highest BCUT2D eigenvalue weighted by Crippen LogP contribution is 2.28. The lowest BCUT2D eigenvalue weighted by Gasteiger charge is -2.14. The molecular formula is C14H17ClN4. The Balaban J connectivity index is 2.37. The summed E-state index contributed by atoms with van der Waals surface area (Å²) in [6.07, 6.45) is 3.48. The Morgan fingerprint density at radius 3 is 2.58 bits per heavy atom. The minimum absolute atomic E-state index is 0.676. The summed E-state index contributed by atoms with van der Waals surface area (Å²) in [6, 6.07) is 7.62. The van der Waals surface area contributed by atoms with Gasteiger partial charge in [0.05, 0.1) is 10.7 Å². The SMILES string of the molecule is CCCc1c(NC)ncnc1Nc1ccccc1Cl. The number of benzene rings is 1. The van der Waals surface area contributed by atoms with Crippen LogP contribution in [0, 0.1) is 0 Å². The topological polar surface area (TPSA) is 49.8 Å². The summed E-state index contributed by atoms with van der Waals surface area (Å²) < 4.78 is 0. The molecule has 1 heterocycles. The molecule has 4 nitrogen and oxygen atoms in total. The van der Waals surface area contributed by atoms with E-state index in [1.54, 1.807) is 6.33 Å². The number of aromatic nitrogens is 2. The quantitative estimate of drug-likeness (QED) is 0.870. The molecule has 2 rings (SSSR count). The summed E-state index contributed by atoms with van der Waals surface area (Å²) in [5.74, 6) is 1.65. The van der Waals surface area contributed by atoms with Crippen LogP contribution in [-0.2, 0) is 6.42 Å². The summed E-state index contributed by atoms with van der Waals surface area (Å²) in [4.78, 5) is 8.57. The van der Waals surface area contributed by atoms with Gasteiger partial charge in [-0.25, -0.2) is 9.97 Å². The maximum absolute atomic E-state index is 6.16. The lowest BCUT2D eigenvalue weighted by atomic mass is 10.1. The minimum atomic E-state index is 0.676. The highest BCUT2D eigenvalue weighted by Gasteiger charge is 2.10. The van der Waals surface area contributed by atoms with Gasteiger partial charge in [-0.05, 0) is 18.6 Å². The van der Waals surface area contributed by atoms with Crippen LogP contribution < -0.4 is 10.6 Å². The van der Waals surface area contributed by atoms with Crippen molar-refractivity contribution in [3.63, 3.8) is 0 Å². The van der Waals surface area contributed by atoms with E-state index in [9.17, 15) is 0 Å². The number of anilines is 3. The highest BCUT2D eigenvalue weighted by atomic mass is 35.5. The zero-order chi connectivity index (χ0) is 13.7. The molecule has 5 heteroatoms. The van der Waals surface area contributed by atoms with Crippen LogP contribution in [-0.4, -0.2) is 17.0 Å². The normalized spacial score (nSPS) is 10.3. The maximum Gasteiger partial charge on any atom is 0.139 e. The molecule has 0 aliphatic heterocycles. The predicted molar refractivity (Wildman–Crippen MR) is 80.3 cm³/mol. The van der Waals surface area contributed by atoms with E-state index in [1.807, 2.05) is 31.3 Å². The van der Waals surface area contributed by atoms with Crippen LogP contribution in [0.15, 0.2) is 30.6 Å². The molecule has 0 saturated heterocycles. The van der Waals surface area contributed by atoms with Gasteiger partial charge in [-0.2, -0.15) is 0 Å². The summed E-state index contributed by atoms with van der Waals surface area (Å²) >= 11 is 6.16. The molecule has 0 atom stereocenters. The van der Waals surface area contributed by atoms with E-state index in [0.717, 1.165) is 35.7 Å². The molecule has 0 aliphatic rings. The number of rotatable bonds is 5. The van der Waals surface area contributed by atoms with Crippen LogP contribution >= 0.6 is 11.6 Å². The Bertz CT molecular complexity index is 557. The molecule has 100 valence electrons. The molecule has 0 unspecified atom stereocenters. The van der Waals surface area contributed by atoms with E-state index < -0.39 is 0 Å². The maximum atomic E-state index is 6.16. The van der Waals surface area contributed by atoms with Gasteiger partial charge >= 0.3 is 0 Å². The van der Waals surface area contributed by atoms with Crippen LogP contribution in [0.5, 0.6) is 0 Å². The number of nitrogens with zero attached hydrogens (tertiary/aromatic N) is 2. The van der Waals surface area contributed by atoms with Gasteiger partial charge in [0.1, 0.15) is 18.0 Å². The van der Waals surface area contributed by atoms with Crippen LogP contribution in [0.3, 0.4) is 0 Å². The van der Waals surface area contributed by atoms with Crippen molar-refractivity contribution in [3.05, 3.63) is 41.2 Å². The molecule has 1 aromatic carbocycles. The van der Waals surface area contributed by atoms with Gasteiger partial charge in [0, 0.05) is 12.6 Å². The van der Waals surface area contributed by atoms with Crippen LogP contribution in [0.25, 0.3) is 0 Å². The molecule has 2 N–H and O–H groups in total. The van der Waals surface area contributed by atoms with Crippen molar-refractivity contribution in [2.45, 2.75) is 19.8 Å². The highest BCUT2D eigenvalue weighted by molar-refractivity contribution is 6.33. The van der Waals surface area contributed by atoms with Crippen LogP contribution in [0.4, 0.5) is 17.3 Å². The van der Waals surface area contributed by atoms with Crippen molar-refractivity contribution in [1.82, 2.24) is 9.97 Å². The predicted octanol–water partition coefficient (Wildman–Crippen LogP) is 3.87. The van der Waals surface area contributed by atoms with Gasteiger partial charge in [0.2, 0.25) is 0 Å². The molecule has 0 spiro atoms. The van der Waals surface area contributed by atoms with E-state index in [4.69, 9.17) is 11.6 Å². The number of hydrogen-bond donors (Lipinski definition) is 2. The average molecular weight is 277 g/mol. The van der Waals surface area contributed by atoms with E-state index in [1.165, 1.54) is 0 Å². The number of nitrogens with one attached hydrogen (secondary N) is 2. The second-order valence-electron chi connectivity index (χ2n) is 4.15. The monoisotopic (exact) mass is 276 g/mol. The summed E-state index contributed by atoms with van der Waals surface area (Å²) in [6.45, 7) is 2.13. The minimum Gasteiger partial charge on any atom is -0.373 e. The van der Waals surface area contributed by atoms with Crippen LogP contribution in [0.2, 0.25) is 5.02 Å². The Labute approximate surface area is 118 Å². The first-order chi connectivity index (χ1) is 9.26. The van der Waals surface area contributed by atoms with Crippen molar-refractivity contribution >= 4 is 28.9 Å². The summed E-state index contributed by atoms with van der Waals surface area (Å²) in [5.41, 5.74) is 1.93. The number of hydrogen-bond acceptors (Lipinski definition) is 4. The smallest absolute Gasteiger partial charge is 0.139 e. The molecule has 0 bridgehead atoms. The fourth-order valence-electron chi connectivity index (χ4n) is 1.91. The Morgan fingerprint density at radius 2 is 1.89 bits per heavy atom. The van der Waals surface area contributed by atoms with Gasteiger partial charge in [-0.15, -0.1) is 0 Å². The van der Waals surface area contributed by atoms with Crippen molar-refractivity contribution in [1.29, 1.82) is 0 Å². The fourth-order valence-corrected chi connectivity index (χ4v) is 2.10. The molecule has 0 amide bonds. The van der Waals surface area contributed by atoms with Gasteiger partial charge in [0.15, 0.2) is 0 Å². The van der Waals surface area contributed by atoms with Crippen molar-refractivity contribution in [3.8, 4) is 0 Å². The Kier molecular flexibility index (Phi) is 4.58. The Hall–Kier alpha value is -1.81.